The van der Waals surface area contributed by atoms with Gasteiger partial charge in [-0.05, 0) is 19.9 Å². The lowest BCUT2D eigenvalue weighted by molar-refractivity contribution is 0.406. The van der Waals surface area contributed by atoms with Crippen LogP contribution in [-0.2, 0) is 6.54 Å². The third-order valence-corrected chi connectivity index (χ3v) is 3.94. The minimum absolute atomic E-state index is 0.0214. The van der Waals surface area contributed by atoms with Gasteiger partial charge in [0.05, 0.1) is 36.6 Å². The predicted molar refractivity (Wildman–Crippen MR) is 85.3 cm³/mol. The van der Waals surface area contributed by atoms with E-state index in [2.05, 4.69) is 9.97 Å². The van der Waals surface area contributed by atoms with E-state index in [0.717, 1.165) is 23.3 Å². The average Bonchev–Trinajstić information content (AvgIpc) is 2.55. The first-order chi connectivity index (χ1) is 11.4. The topological polar surface area (TPSA) is 57.0 Å². The number of ether oxygens (including phenoxy) is 1. The summed E-state index contributed by atoms with van der Waals surface area (Å²) in [6.45, 7) is 3.88. The minimum atomic E-state index is -1.08. The zero-order valence-corrected chi connectivity index (χ0v) is 13.4. The van der Waals surface area contributed by atoms with Gasteiger partial charge in [0.1, 0.15) is 5.75 Å². The third kappa shape index (κ3) is 2.62. The monoisotopic (exact) mass is 331 g/mol. The molecule has 0 aliphatic rings. The van der Waals surface area contributed by atoms with Crippen molar-refractivity contribution in [2.75, 3.05) is 7.11 Å². The first kappa shape index (κ1) is 16.0. The number of hydrogen-bond acceptors (Lipinski definition) is 4. The van der Waals surface area contributed by atoms with Gasteiger partial charge in [-0.3, -0.25) is 14.3 Å². The van der Waals surface area contributed by atoms with Gasteiger partial charge in [-0.15, -0.1) is 0 Å². The van der Waals surface area contributed by atoms with Crippen LogP contribution in [0.4, 0.5) is 8.78 Å². The van der Waals surface area contributed by atoms with E-state index in [9.17, 15) is 13.6 Å². The SMILES string of the molecule is COc1c(C)cnc(Cn2cnc3cc(F)c(F)cc3c2=O)c1C. The van der Waals surface area contributed by atoms with E-state index in [1.807, 2.05) is 13.8 Å². The van der Waals surface area contributed by atoms with Crippen LogP contribution in [0.25, 0.3) is 10.9 Å². The zero-order valence-electron chi connectivity index (χ0n) is 13.4. The Hall–Kier alpha value is -2.83. The van der Waals surface area contributed by atoms with Crippen LogP contribution in [-0.4, -0.2) is 21.6 Å². The molecule has 3 rings (SSSR count). The predicted octanol–water partition coefficient (Wildman–Crippen LogP) is 2.74. The molecule has 7 heteroatoms. The van der Waals surface area contributed by atoms with Crippen LogP contribution >= 0.6 is 0 Å². The highest BCUT2D eigenvalue weighted by Gasteiger charge is 2.13. The molecular formula is C17H15F2N3O2. The van der Waals surface area contributed by atoms with Gasteiger partial charge < -0.3 is 4.74 Å². The largest absolute Gasteiger partial charge is 0.496 e. The molecule has 0 aliphatic carbocycles. The number of rotatable bonds is 3. The van der Waals surface area contributed by atoms with Crippen molar-refractivity contribution in [3.8, 4) is 5.75 Å². The second kappa shape index (κ2) is 5.99. The van der Waals surface area contributed by atoms with Crippen LogP contribution in [0, 0.1) is 25.5 Å². The first-order valence-electron chi connectivity index (χ1n) is 7.25. The van der Waals surface area contributed by atoms with Gasteiger partial charge in [0.25, 0.3) is 5.56 Å². The molecule has 0 fully saturated rings. The lowest BCUT2D eigenvalue weighted by Gasteiger charge is -2.13. The number of aryl methyl sites for hydroxylation is 1. The quantitative estimate of drug-likeness (QED) is 0.740. The molecule has 0 amide bonds. The Kier molecular flexibility index (Phi) is 4.01. The Balaban J connectivity index is 2.10. The number of hydrogen-bond donors (Lipinski definition) is 0. The standard InChI is InChI=1S/C17H15F2N3O2/c1-9-6-20-15(10(2)16(9)24-3)7-22-8-21-14-5-13(19)12(18)4-11(14)17(22)23/h4-6,8H,7H2,1-3H3. The number of aromatic nitrogens is 3. The Morgan fingerprint density at radius 2 is 1.88 bits per heavy atom. The summed E-state index contributed by atoms with van der Waals surface area (Å²) in [5.74, 6) is -1.41. The summed E-state index contributed by atoms with van der Waals surface area (Å²) >= 11 is 0. The second-order valence-electron chi connectivity index (χ2n) is 5.51. The number of halogens is 2. The highest BCUT2D eigenvalue weighted by Crippen LogP contribution is 2.24. The van der Waals surface area contributed by atoms with Gasteiger partial charge in [0.15, 0.2) is 11.6 Å². The summed E-state index contributed by atoms with van der Waals surface area (Å²) < 4.78 is 33.3. The van der Waals surface area contributed by atoms with E-state index in [1.54, 1.807) is 13.3 Å². The van der Waals surface area contributed by atoms with Crippen LogP contribution < -0.4 is 10.3 Å². The molecule has 0 atom stereocenters. The van der Waals surface area contributed by atoms with Gasteiger partial charge in [0, 0.05) is 23.4 Å². The minimum Gasteiger partial charge on any atom is -0.496 e. The Morgan fingerprint density at radius 3 is 2.58 bits per heavy atom. The summed E-state index contributed by atoms with van der Waals surface area (Å²) in [4.78, 5) is 20.9. The highest BCUT2D eigenvalue weighted by molar-refractivity contribution is 5.77. The van der Waals surface area contributed by atoms with Crippen molar-refractivity contribution in [1.29, 1.82) is 0 Å². The Labute approximate surface area is 136 Å². The van der Waals surface area contributed by atoms with Gasteiger partial charge in [-0.25, -0.2) is 13.8 Å². The second-order valence-corrected chi connectivity index (χ2v) is 5.51. The van der Waals surface area contributed by atoms with Crippen LogP contribution in [0.2, 0.25) is 0 Å². The van der Waals surface area contributed by atoms with E-state index in [4.69, 9.17) is 4.74 Å². The van der Waals surface area contributed by atoms with E-state index in [0.29, 0.717) is 11.4 Å². The molecule has 0 saturated heterocycles. The van der Waals surface area contributed by atoms with Crippen molar-refractivity contribution >= 4 is 10.9 Å². The van der Waals surface area contributed by atoms with E-state index < -0.39 is 17.2 Å². The van der Waals surface area contributed by atoms with Crippen LogP contribution in [0.3, 0.4) is 0 Å². The summed E-state index contributed by atoms with van der Waals surface area (Å²) in [5, 5.41) is 0.0214. The molecule has 0 spiro atoms. The maximum Gasteiger partial charge on any atom is 0.261 e. The van der Waals surface area contributed by atoms with E-state index in [1.165, 1.54) is 10.9 Å². The average molecular weight is 331 g/mol. The molecule has 1 aromatic carbocycles. The number of pyridine rings is 1. The molecule has 5 nitrogen and oxygen atoms in total. The number of methoxy groups -OCH3 is 1. The molecule has 0 radical (unpaired) electrons. The van der Waals surface area contributed by atoms with Gasteiger partial charge in [-0.2, -0.15) is 0 Å². The van der Waals surface area contributed by atoms with Crippen molar-refractivity contribution in [3.63, 3.8) is 0 Å². The van der Waals surface area contributed by atoms with Crippen molar-refractivity contribution in [2.24, 2.45) is 0 Å². The molecule has 24 heavy (non-hydrogen) atoms. The summed E-state index contributed by atoms with van der Waals surface area (Å²) in [6, 6.07) is 1.78. The smallest absolute Gasteiger partial charge is 0.261 e. The summed E-state index contributed by atoms with van der Waals surface area (Å²) in [7, 11) is 1.57. The molecule has 2 aromatic heterocycles. The molecule has 3 aromatic rings. The van der Waals surface area contributed by atoms with Crippen molar-refractivity contribution < 1.29 is 13.5 Å². The van der Waals surface area contributed by atoms with Crippen molar-refractivity contribution in [1.82, 2.24) is 14.5 Å². The summed E-state index contributed by atoms with van der Waals surface area (Å²) in [6.07, 6.45) is 2.96. The molecule has 2 heterocycles. The van der Waals surface area contributed by atoms with Gasteiger partial charge in [0.2, 0.25) is 0 Å². The van der Waals surface area contributed by atoms with Crippen molar-refractivity contribution in [3.05, 3.63) is 63.5 Å². The van der Waals surface area contributed by atoms with E-state index in [-0.39, 0.29) is 17.4 Å². The molecule has 0 saturated carbocycles. The molecule has 0 unspecified atom stereocenters. The fourth-order valence-electron chi connectivity index (χ4n) is 2.66. The molecule has 124 valence electrons. The lowest BCUT2D eigenvalue weighted by Crippen LogP contribution is -2.22. The zero-order chi connectivity index (χ0) is 17.4. The summed E-state index contributed by atoms with van der Waals surface area (Å²) in [5.41, 5.74) is 2.00. The van der Waals surface area contributed by atoms with Crippen LogP contribution in [0.1, 0.15) is 16.8 Å². The normalized spacial score (nSPS) is 11.0. The molecular weight excluding hydrogens is 316 g/mol. The lowest BCUT2D eigenvalue weighted by atomic mass is 10.1. The van der Waals surface area contributed by atoms with E-state index >= 15 is 0 Å². The number of fused-ring (bicyclic) bond motifs is 1. The fourth-order valence-corrected chi connectivity index (χ4v) is 2.66. The van der Waals surface area contributed by atoms with Crippen molar-refractivity contribution in [2.45, 2.75) is 20.4 Å². The third-order valence-electron chi connectivity index (χ3n) is 3.94. The van der Waals surface area contributed by atoms with Gasteiger partial charge >= 0.3 is 0 Å². The molecule has 0 N–H and O–H groups in total. The first-order valence-corrected chi connectivity index (χ1v) is 7.25. The number of nitrogens with zero attached hydrogens (tertiary/aromatic N) is 3. The maximum absolute atomic E-state index is 13.4. The maximum atomic E-state index is 13.4. The fraction of sp³-hybridized carbons (Fsp3) is 0.235. The highest BCUT2D eigenvalue weighted by atomic mass is 19.2. The Bertz CT molecular complexity index is 999. The van der Waals surface area contributed by atoms with Crippen LogP contribution in [0.15, 0.2) is 29.5 Å². The Morgan fingerprint density at radius 1 is 1.17 bits per heavy atom. The molecule has 0 aliphatic heterocycles. The van der Waals surface area contributed by atoms with Crippen LogP contribution in [0.5, 0.6) is 5.75 Å². The van der Waals surface area contributed by atoms with Gasteiger partial charge in [-0.1, -0.05) is 0 Å². The molecule has 0 bridgehead atoms. The number of benzene rings is 1.